The van der Waals surface area contributed by atoms with Gasteiger partial charge < -0.3 is 5.41 Å². The predicted octanol–water partition coefficient (Wildman–Crippen LogP) is 4.16. The van der Waals surface area contributed by atoms with Crippen LogP contribution in [0.3, 0.4) is 0 Å². The molecule has 0 aromatic heterocycles. The molecule has 0 aromatic carbocycles. The van der Waals surface area contributed by atoms with Crippen molar-refractivity contribution in [2.75, 3.05) is 0 Å². The first kappa shape index (κ1) is 16.0. The molecule has 0 spiro atoms. The fourth-order valence-electron chi connectivity index (χ4n) is 0.764. The zero-order chi connectivity index (χ0) is 12.1. The first-order valence-corrected chi connectivity index (χ1v) is 5.46. The topological polar surface area (TPSA) is 36.2 Å². The van der Waals surface area contributed by atoms with E-state index < -0.39 is 0 Å². The summed E-state index contributed by atoms with van der Waals surface area (Å²) in [4.78, 5) is 3.93. The number of allylic oxidation sites excluding steroid dienone is 5. The van der Waals surface area contributed by atoms with Crippen molar-refractivity contribution < 1.29 is 0 Å². The molecule has 1 aliphatic rings. The maximum atomic E-state index is 7.44. The Morgan fingerprint density at radius 1 is 1.07 bits per heavy atom. The van der Waals surface area contributed by atoms with Crippen molar-refractivity contribution in [2.24, 2.45) is 4.99 Å². The monoisotopic (exact) mass is 206 g/mol. The average Bonchev–Trinajstić information content (AvgIpc) is 2.33. The van der Waals surface area contributed by atoms with Crippen molar-refractivity contribution in [1.29, 1.82) is 5.41 Å². The quantitative estimate of drug-likeness (QED) is 0.625. The second kappa shape index (κ2) is 12.6. The van der Waals surface area contributed by atoms with E-state index in [1.54, 1.807) is 18.5 Å². The molecule has 0 amide bonds. The van der Waals surface area contributed by atoms with Gasteiger partial charge in [0.15, 0.2) is 0 Å². The van der Waals surface area contributed by atoms with Gasteiger partial charge in [-0.15, -0.1) is 0 Å². The summed E-state index contributed by atoms with van der Waals surface area (Å²) >= 11 is 0. The molecule has 15 heavy (non-hydrogen) atoms. The van der Waals surface area contributed by atoms with Gasteiger partial charge in [0.1, 0.15) is 0 Å². The normalized spacial score (nSPS) is 15.8. The van der Waals surface area contributed by atoms with Gasteiger partial charge in [-0.25, -0.2) is 0 Å². The van der Waals surface area contributed by atoms with Crippen LogP contribution in [-0.2, 0) is 0 Å². The lowest BCUT2D eigenvalue weighted by atomic mass is 10.1. The molecule has 1 rings (SSSR count). The highest BCUT2D eigenvalue weighted by atomic mass is 14.7. The van der Waals surface area contributed by atoms with Crippen molar-refractivity contribution in [1.82, 2.24) is 0 Å². The van der Waals surface area contributed by atoms with Crippen molar-refractivity contribution in [3.05, 3.63) is 36.1 Å². The Morgan fingerprint density at radius 3 is 2.07 bits per heavy atom. The molecule has 2 nitrogen and oxygen atoms in total. The van der Waals surface area contributed by atoms with Crippen molar-refractivity contribution in [2.45, 2.75) is 34.6 Å². The van der Waals surface area contributed by atoms with Gasteiger partial charge in [-0.2, -0.15) is 0 Å². The second-order valence-electron chi connectivity index (χ2n) is 2.12. The fourth-order valence-corrected chi connectivity index (χ4v) is 0.764. The van der Waals surface area contributed by atoms with Crippen molar-refractivity contribution >= 4 is 11.9 Å². The molecule has 0 saturated heterocycles. The number of aliphatic imine (C=N–C) groups is 1. The standard InChI is InChI=1S/C9H10N2.2C2H6/c1-2-11-7-8-5-3-4-6-9(8)10;2*1-2/h2-7,10H,1H3;2*1-2H3/b8-7-,10-9?,11-2?;;. The molecule has 0 bridgehead atoms. The lowest BCUT2D eigenvalue weighted by molar-refractivity contribution is 1.46. The summed E-state index contributed by atoms with van der Waals surface area (Å²) in [6.07, 6.45) is 10.7. The summed E-state index contributed by atoms with van der Waals surface area (Å²) in [7, 11) is 0. The predicted molar refractivity (Wildman–Crippen MR) is 71.0 cm³/mol. The summed E-state index contributed by atoms with van der Waals surface area (Å²) in [5.74, 6) is 0. The molecule has 0 unspecified atom stereocenters. The average molecular weight is 206 g/mol. The summed E-state index contributed by atoms with van der Waals surface area (Å²) in [6, 6.07) is 0. The van der Waals surface area contributed by atoms with Gasteiger partial charge in [0.05, 0.1) is 5.71 Å². The highest BCUT2D eigenvalue weighted by Crippen LogP contribution is 2.05. The first-order chi connectivity index (χ1) is 7.34. The van der Waals surface area contributed by atoms with Crippen LogP contribution in [0.15, 0.2) is 41.1 Å². The number of nitrogens with zero attached hydrogens (tertiary/aromatic N) is 1. The summed E-state index contributed by atoms with van der Waals surface area (Å²) in [5.41, 5.74) is 1.36. The highest BCUT2D eigenvalue weighted by Gasteiger charge is 1.98. The molecular formula is C13H22N2. The molecule has 0 aliphatic heterocycles. The van der Waals surface area contributed by atoms with E-state index in [0.717, 1.165) is 5.57 Å². The van der Waals surface area contributed by atoms with E-state index >= 15 is 0 Å². The molecule has 0 atom stereocenters. The van der Waals surface area contributed by atoms with Crippen LogP contribution < -0.4 is 0 Å². The van der Waals surface area contributed by atoms with E-state index in [1.165, 1.54) is 0 Å². The van der Waals surface area contributed by atoms with Gasteiger partial charge in [-0.05, 0) is 13.0 Å². The van der Waals surface area contributed by atoms with E-state index in [0.29, 0.717) is 5.71 Å². The third-order valence-electron chi connectivity index (χ3n) is 1.32. The smallest absolute Gasteiger partial charge is 0.0627 e. The molecule has 0 fully saturated rings. The number of hydrogen-bond donors (Lipinski definition) is 1. The Morgan fingerprint density at radius 2 is 1.60 bits per heavy atom. The molecule has 0 radical (unpaired) electrons. The van der Waals surface area contributed by atoms with Gasteiger partial charge in [0, 0.05) is 18.0 Å². The minimum Gasteiger partial charge on any atom is -0.300 e. The largest absolute Gasteiger partial charge is 0.300 e. The minimum atomic E-state index is 0.512. The Balaban J connectivity index is 0. The Hall–Kier alpha value is -1.44. The van der Waals surface area contributed by atoms with Crippen LogP contribution >= 0.6 is 0 Å². The summed E-state index contributed by atoms with van der Waals surface area (Å²) < 4.78 is 0. The van der Waals surface area contributed by atoms with Gasteiger partial charge in [0.25, 0.3) is 0 Å². The van der Waals surface area contributed by atoms with Crippen LogP contribution in [0.25, 0.3) is 0 Å². The van der Waals surface area contributed by atoms with Gasteiger partial charge in [0.2, 0.25) is 0 Å². The molecule has 84 valence electrons. The zero-order valence-electron chi connectivity index (χ0n) is 10.4. The number of nitrogens with one attached hydrogen (secondary N) is 1. The minimum absolute atomic E-state index is 0.512. The SMILES string of the molecule is CC.CC.CC=N/C=C1/C=CC=CC1=N. The molecule has 0 saturated carbocycles. The third-order valence-corrected chi connectivity index (χ3v) is 1.32. The third kappa shape index (κ3) is 7.62. The second-order valence-corrected chi connectivity index (χ2v) is 2.12. The lowest BCUT2D eigenvalue weighted by Crippen LogP contribution is -1.96. The zero-order valence-corrected chi connectivity index (χ0v) is 10.4. The van der Waals surface area contributed by atoms with Crippen LogP contribution in [-0.4, -0.2) is 11.9 Å². The maximum absolute atomic E-state index is 7.44. The van der Waals surface area contributed by atoms with Crippen LogP contribution in [0.1, 0.15) is 34.6 Å². The van der Waals surface area contributed by atoms with Crippen molar-refractivity contribution in [3.63, 3.8) is 0 Å². The molecule has 2 heteroatoms. The van der Waals surface area contributed by atoms with E-state index in [9.17, 15) is 0 Å². The molecule has 0 heterocycles. The van der Waals surface area contributed by atoms with E-state index in [-0.39, 0.29) is 0 Å². The maximum Gasteiger partial charge on any atom is 0.0627 e. The lowest BCUT2D eigenvalue weighted by Gasteiger charge is -2.00. The van der Waals surface area contributed by atoms with Crippen LogP contribution in [0.4, 0.5) is 0 Å². The summed E-state index contributed by atoms with van der Waals surface area (Å²) in [5, 5.41) is 7.44. The first-order valence-electron chi connectivity index (χ1n) is 5.46. The van der Waals surface area contributed by atoms with Crippen LogP contribution in [0, 0.1) is 5.41 Å². The van der Waals surface area contributed by atoms with Crippen LogP contribution in [0.2, 0.25) is 0 Å². The highest BCUT2D eigenvalue weighted by molar-refractivity contribution is 6.09. The Bertz CT molecular complexity index is 268. The number of hydrogen-bond acceptors (Lipinski definition) is 2. The molecule has 0 aromatic rings. The summed E-state index contributed by atoms with van der Waals surface area (Å²) in [6.45, 7) is 9.85. The van der Waals surface area contributed by atoms with E-state index in [2.05, 4.69) is 4.99 Å². The Kier molecular flexibility index (Phi) is 13.4. The van der Waals surface area contributed by atoms with Crippen molar-refractivity contribution in [3.8, 4) is 0 Å². The Labute approximate surface area is 93.6 Å². The fraction of sp³-hybridized carbons (Fsp3) is 0.385. The van der Waals surface area contributed by atoms with Gasteiger partial charge >= 0.3 is 0 Å². The van der Waals surface area contributed by atoms with E-state index in [1.807, 2.05) is 52.8 Å². The van der Waals surface area contributed by atoms with Crippen LogP contribution in [0.5, 0.6) is 0 Å². The van der Waals surface area contributed by atoms with Gasteiger partial charge in [-0.1, -0.05) is 45.9 Å². The van der Waals surface area contributed by atoms with E-state index in [4.69, 9.17) is 5.41 Å². The molecule has 1 N–H and O–H groups in total. The molecule has 1 aliphatic carbocycles. The van der Waals surface area contributed by atoms with Gasteiger partial charge in [-0.3, -0.25) is 4.99 Å². The molecular weight excluding hydrogens is 184 g/mol. The number of rotatable bonds is 1.